The Bertz CT molecular complexity index is 372. The standard InChI is InChI=1S/C15H39BrSi5/c1-17(2,3)14-13-21(14,16)15(18(4,5)6,19(7,8)9)20(10,11)12/h14H,13H2,1-12H3. The highest BCUT2D eigenvalue weighted by atomic mass is 79.9. The zero-order valence-corrected chi connectivity index (χ0v) is 23.2. The highest BCUT2D eigenvalue weighted by Gasteiger charge is 2.79. The molecule has 0 radical (unpaired) electrons. The Labute approximate surface area is 147 Å². The monoisotopic (exact) mass is 438 g/mol. The van der Waals surface area contributed by atoms with E-state index in [1.807, 2.05) is 0 Å². The average Bonchev–Trinajstić information content (AvgIpc) is 2.68. The Morgan fingerprint density at radius 1 is 0.714 bits per heavy atom. The maximum absolute atomic E-state index is 4.60. The lowest BCUT2D eigenvalue weighted by atomic mass is 11.0. The molecule has 1 aliphatic heterocycles. The molecule has 0 aromatic heterocycles. The van der Waals surface area contributed by atoms with E-state index in [1.54, 1.807) is 6.04 Å². The number of hydrogen-bond donors (Lipinski definition) is 0. The molecule has 1 saturated heterocycles. The summed E-state index contributed by atoms with van der Waals surface area (Å²) in [6.07, 6.45) is 0. The van der Waals surface area contributed by atoms with Crippen molar-refractivity contribution in [2.75, 3.05) is 0 Å². The van der Waals surface area contributed by atoms with Crippen molar-refractivity contribution in [3.8, 4) is 0 Å². The SMILES string of the molecule is C[Si](C)(C)C1C[Si]1(Br)C([Si](C)(C)C)([Si](C)(C)C)[Si](C)(C)C. The zero-order valence-electron chi connectivity index (χ0n) is 16.7. The van der Waals surface area contributed by atoms with E-state index in [1.165, 1.54) is 0 Å². The van der Waals surface area contributed by atoms with Gasteiger partial charge in [0.05, 0.1) is 0 Å². The molecule has 1 fully saturated rings. The van der Waals surface area contributed by atoms with Gasteiger partial charge in [0.15, 0.2) is 0 Å². The molecule has 0 aromatic carbocycles. The summed E-state index contributed by atoms with van der Waals surface area (Å²) < 4.78 is 0.797. The first-order valence-electron chi connectivity index (χ1n) is 8.53. The smallest absolute Gasteiger partial charge is 0.127 e. The number of halogens is 1. The maximum Gasteiger partial charge on any atom is 0.128 e. The van der Waals surface area contributed by atoms with Gasteiger partial charge in [-0.1, -0.05) is 78.6 Å². The summed E-state index contributed by atoms with van der Waals surface area (Å²) >= 11 is 4.60. The van der Waals surface area contributed by atoms with Crippen molar-refractivity contribution >= 4 is 54.3 Å². The maximum atomic E-state index is 4.60. The Kier molecular flexibility index (Phi) is 5.18. The average molecular weight is 440 g/mol. The van der Waals surface area contributed by atoms with Crippen LogP contribution in [0.5, 0.6) is 0 Å². The van der Waals surface area contributed by atoms with Crippen LogP contribution in [0.2, 0.25) is 93.7 Å². The molecule has 0 aliphatic carbocycles. The van der Waals surface area contributed by atoms with Gasteiger partial charge < -0.3 is 0 Å². The fourth-order valence-corrected chi connectivity index (χ4v) is 89.1. The van der Waals surface area contributed by atoms with Crippen LogP contribution < -0.4 is 0 Å². The van der Waals surface area contributed by atoms with Crippen molar-refractivity contribution < 1.29 is 0 Å². The van der Waals surface area contributed by atoms with Crippen molar-refractivity contribution in [1.82, 2.24) is 0 Å². The molecule has 21 heavy (non-hydrogen) atoms. The second kappa shape index (κ2) is 5.28. The molecular weight excluding hydrogens is 400 g/mol. The molecule has 0 amide bonds. The molecule has 6 heteroatoms. The largest absolute Gasteiger partial charge is 0.128 e. The summed E-state index contributed by atoms with van der Waals surface area (Å²) in [7, 11) is -4.75. The van der Waals surface area contributed by atoms with E-state index in [-0.39, 0.29) is 0 Å². The highest BCUT2D eigenvalue weighted by Crippen LogP contribution is 2.76. The van der Waals surface area contributed by atoms with Crippen LogP contribution in [-0.2, 0) is 0 Å². The first-order valence-corrected chi connectivity index (χ1v) is 27.1. The third-order valence-electron chi connectivity index (χ3n) is 5.94. The first-order chi connectivity index (χ1) is 8.84. The molecule has 0 nitrogen and oxygen atoms in total. The van der Waals surface area contributed by atoms with E-state index in [0.717, 1.165) is 9.07 Å². The summed E-state index contributed by atoms with van der Waals surface area (Å²) in [5.74, 6) is 0. The van der Waals surface area contributed by atoms with E-state index in [4.69, 9.17) is 0 Å². The van der Waals surface area contributed by atoms with Crippen LogP contribution in [0.15, 0.2) is 0 Å². The van der Waals surface area contributed by atoms with Crippen LogP contribution >= 0.6 is 15.3 Å². The van der Waals surface area contributed by atoms with Crippen molar-refractivity contribution in [3.63, 3.8) is 0 Å². The van der Waals surface area contributed by atoms with Gasteiger partial charge in [-0.25, -0.2) is 0 Å². The van der Waals surface area contributed by atoms with Gasteiger partial charge in [-0.05, 0) is 15.1 Å². The van der Waals surface area contributed by atoms with Crippen LogP contribution in [0.25, 0.3) is 0 Å². The minimum atomic E-state index is -1.30. The molecular formula is C15H39BrSi5. The van der Waals surface area contributed by atoms with Crippen LogP contribution in [0.1, 0.15) is 0 Å². The van der Waals surface area contributed by atoms with Crippen molar-refractivity contribution in [2.45, 2.75) is 93.7 Å². The van der Waals surface area contributed by atoms with Gasteiger partial charge in [0.2, 0.25) is 0 Å². The molecule has 0 bridgehead atoms. The van der Waals surface area contributed by atoms with Gasteiger partial charge in [-0.15, -0.1) is 15.3 Å². The second-order valence-electron chi connectivity index (χ2n) is 11.5. The van der Waals surface area contributed by atoms with E-state index in [9.17, 15) is 0 Å². The van der Waals surface area contributed by atoms with Gasteiger partial charge in [-0.2, -0.15) is 0 Å². The quantitative estimate of drug-likeness (QED) is 0.321. The molecule has 1 aliphatic rings. The number of hydrogen-bond acceptors (Lipinski definition) is 0. The van der Waals surface area contributed by atoms with Crippen molar-refractivity contribution in [3.05, 3.63) is 0 Å². The molecule has 1 heterocycles. The minimum Gasteiger partial charge on any atom is -0.127 e. The Morgan fingerprint density at radius 2 is 1.00 bits per heavy atom. The number of rotatable bonds is 5. The van der Waals surface area contributed by atoms with Gasteiger partial charge >= 0.3 is 0 Å². The highest BCUT2D eigenvalue weighted by molar-refractivity contribution is 9.27. The lowest BCUT2D eigenvalue weighted by Gasteiger charge is -2.62. The van der Waals surface area contributed by atoms with Crippen molar-refractivity contribution in [1.29, 1.82) is 0 Å². The molecule has 0 aromatic rings. The van der Waals surface area contributed by atoms with E-state index < -0.39 is 39.0 Å². The molecule has 2 unspecified atom stereocenters. The van der Waals surface area contributed by atoms with E-state index in [2.05, 4.69) is 93.9 Å². The molecule has 1 rings (SSSR count). The van der Waals surface area contributed by atoms with Crippen molar-refractivity contribution in [2.24, 2.45) is 0 Å². The van der Waals surface area contributed by atoms with E-state index in [0.29, 0.717) is 0 Å². The lowest BCUT2D eigenvalue weighted by Crippen LogP contribution is -2.72. The zero-order chi connectivity index (χ0) is 17.3. The Morgan fingerprint density at radius 3 is 1.14 bits per heavy atom. The topological polar surface area (TPSA) is 0 Å². The summed E-state index contributed by atoms with van der Waals surface area (Å²) in [6, 6.07) is 1.60. The summed E-state index contributed by atoms with van der Waals surface area (Å²) in [6.45, 7) is 30.9. The first kappa shape index (κ1) is 20.6. The lowest BCUT2D eigenvalue weighted by molar-refractivity contribution is 1.22. The minimum absolute atomic E-state index is 0.797. The molecule has 2 atom stereocenters. The molecule has 0 N–H and O–H groups in total. The fourth-order valence-electron chi connectivity index (χ4n) is 6.89. The van der Waals surface area contributed by atoms with Gasteiger partial charge in [0, 0.05) is 32.3 Å². The van der Waals surface area contributed by atoms with Gasteiger partial charge in [-0.3, -0.25) is 0 Å². The van der Waals surface area contributed by atoms with Gasteiger partial charge in [0.25, 0.3) is 0 Å². The third kappa shape index (κ3) is 2.99. The van der Waals surface area contributed by atoms with E-state index >= 15 is 0 Å². The predicted octanol–water partition coefficient (Wildman–Crippen LogP) is 6.96. The summed E-state index contributed by atoms with van der Waals surface area (Å²) in [5, 5.41) is 1.12. The fraction of sp³-hybridized carbons (Fsp3) is 1.00. The predicted molar refractivity (Wildman–Crippen MR) is 119 cm³/mol. The molecule has 0 saturated carbocycles. The molecule has 0 spiro atoms. The Hall–Kier alpha value is 1.56. The third-order valence-corrected chi connectivity index (χ3v) is 55.7. The normalized spacial score (nSPS) is 28.7. The second-order valence-corrected chi connectivity index (χ2v) is 44.1. The Balaban J connectivity index is 3.64. The van der Waals surface area contributed by atoms with Gasteiger partial charge in [0.1, 0.15) is 6.69 Å². The molecule has 126 valence electrons. The van der Waals surface area contributed by atoms with Crippen LogP contribution in [-0.4, -0.2) is 39.0 Å². The van der Waals surface area contributed by atoms with Crippen LogP contribution in [0.4, 0.5) is 0 Å². The summed E-state index contributed by atoms with van der Waals surface area (Å²) in [5.41, 5.74) is 0. The van der Waals surface area contributed by atoms with Crippen LogP contribution in [0.3, 0.4) is 0 Å². The van der Waals surface area contributed by atoms with Crippen LogP contribution in [0, 0.1) is 0 Å². The summed E-state index contributed by atoms with van der Waals surface area (Å²) in [4.78, 5) is 0.